The predicted octanol–water partition coefficient (Wildman–Crippen LogP) is 1.62. The van der Waals surface area contributed by atoms with Crippen LogP contribution in [-0.4, -0.2) is 25.7 Å². The smallest absolute Gasteiger partial charge is 0.0204 e. The van der Waals surface area contributed by atoms with Crippen LogP contribution in [0.1, 0.15) is 34.1 Å². The molecule has 2 heteroatoms. The van der Waals surface area contributed by atoms with Crippen LogP contribution in [0.15, 0.2) is 0 Å². The molecule has 1 rings (SSSR count). The van der Waals surface area contributed by atoms with Crippen LogP contribution in [0.3, 0.4) is 0 Å². The normalized spacial score (nSPS) is 24.2. The molecule has 0 aromatic heterocycles. The highest BCUT2D eigenvalue weighted by Gasteiger charge is 2.24. The molecule has 0 aliphatic carbocycles. The molecule has 1 atom stereocenters. The lowest BCUT2D eigenvalue weighted by Gasteiger charge is -2.30. The summed E-state index contributed by atoms with van der Waals surface area (Å²) in [6.07, 6.45) is 1.29. The summed E-state index contributed by atoms with van der Waals surface area (Å²) < 4.78 is 0. The molecule has 13 heavy (non-hydrogen) atoms. The van der Waals surface area contributed by atoms with Crippen LogP contribution in [0.4, 0.5) is 0 Å². The van der Waals surface area contributed by atoms with Crippen molar-refractivity contribution < 1.29 is 0 Å². The molecule has 0 bridgehead atoms. The third kappa shape index (κ3) is 3.28. The van der Waals surface area contributed by atoms with E-state index in [2.05, 4.69) is 38.3 Å². The van der Waals surface area contributed by atoms with E-state index in [1.807, 2.05) is 0 Å². The van der Waals surface area contributed by atoms with Crippen molar-refractivity contribution >= 4 is 0 Å². The van der Waals surface area contributed by atoms with Crippen LogP contribution >= 0.6 is 0 Å². The fraction of sp³-hybridized carbons (Fsp3) is 1.00. The molecule has 1 aliphatic heterocycles. The number of nitrogens with one attached hydrogen (secondary N) is 2. The molecule has 0 aromatic rings. The van der Waals surface area contributed by atoms with Gasteiger partial charge in [0.05, 0.1) is 0 Å². The van der Waals surface area contributed by atoms with Gasteiger partial charge in [0.25, 0.3) is 0 Å². The fourth-order valence-corrected chi connectivity index (χ4v) is 1.44. The maximum absolute atomic E-state index is 3.64. The van der Waals surface area contributed by atoms with Crippen molar-refractivity contribution in [2.45, 2.75) is 40.2 Å². The first-order valence-corrected chi connectivity index (χ1v) is 5.46. The zero-order chi connectivity index (χ0) is 9.90. The van der Waals surface area contributed by atoms with Gasteiger partial charge in [-0.25, -0.2) is 0 Å². The Morgan fingerprint density at radius 3 is 2.62 bits per heavy atom. The summed E-state index contributed by atoms with van der Waals surface area (Å²) in [5, 5.41) is 7.02. The SMILES string of the molecule is CC(C)C(C)(C)CNC1CCNC1. The average Bonchev–Trinajstić information content (AvgIpc) is 2.52. The Bertz CT molecular complexity index is 146. The Hall–Kier alpha value is -0.0800. The van der Waals surface area contributed by atoms with Gasteiger partial charge < -0.3 is 10.6 Å². The first-order chi connectivity index (χ1) is 6.02. The van der Waals surface area contributed by atoms with Crippen LogP contribution < -0.4 is 10.6 Å². The molecule has 0 amide bonds. The molecule has 1 heterocycles. The molecular weight excluding hydrogens is 160 g/mol. The lowest BCUT2D eigenvalue weighted by Crippen LogP contribution is -2.40. The highest BCUT2D eigenvalue weighted by atomic mass is 15.0. The summed E-state index contributed by atoms with van der Waals surface area (Å²) >= 11 is 0. The Kier molecular flexibility index (Phi) is 3.74. The molecule has 2 nitrogen and oxygen atoms in total. The van der Waals surface area contributed by atoms with E-state index in [0.717, 1.165) is 19.0 Å². The van der Waals surface area contributed by atoms with Crippen molar-refractivity contribution in [2.24, 2.45) is 11.3 Å². The lowest BCUT2D eigenvalue weighted by molar-refractivity contribution is 0.230. The second-order valence-electron chi connectivity index (χ2n) is 5.21. The van der Waals surface area contributed by atoms with Gasteiger partial charge in [-0.3, -0.25) is 0 Å². The topological polar surface area (TPSA) is 24.1 Å². The van der Waals surface area contributed by atoms with Gasteiger partial charge in [-0.15, -0.1) is 0 Å². The van der Waals surface area contributed by atoms with E-state index in [-0.39, 0.29) is 0 Å². The van der Waals surface area contributed by atoms with E-state index >= 15 is 0 Å². The molecule has 78 valence electrons. The van der Waals surface area contributed by atoms with Crippen LogP contribution in [0.2, 0.25) is 0 Å². The Labute approximate surface area is 82.5 Å². The maximum atomic E-state index is 3.64. The van der Waals surface area contributed by atoms with Crippen molar-refractivity contribution in [1.82, 2.24) is 10.6 Å². The van der Waals surface area contributed by atoms with Gasteiger partial charge in [0.15, 0.2) is 0 Å². The van der Waals surface area contributed by atoms with E-state index in [9.17, 15) is 0 Å². The van der Waals surface area contributed by atoms with Gasteiger partial charge in [-0.2, -0.15) is 0 Å². The second kappa shape index (κ2) is 4.43. The van der Waals surface area contributed by atoms with E-state index in [4.69, 9.17) is 0 Å². The van der Waals surface area contributed by atoms with Gasteiger partial charge in [0.2, 0.25) is 0 Å². The number of rotatable bonds is 4. The predicted molar refractivity (Wildman–Crippen MR) is 57.9 cm³/mol. The third-order valence-electron chi connectivity index (χ3n) is 3.47. The quantitative estimate of drug-likeness (QED) is 0.694. The first-order valence-electron chi connectivity index (χ1n) is 5.46. The number of hydrogen-bond acceptors (Lipinski definition) is 2. The zero-order valence-corrected chi connectivity index (χ0v) is 9.48. The van der Waals surface area contributed by atoms with Crippen LogP contribution in [0.5, 0.6) is 0 Å². The van der Waals surface area contributed by atoms with Crippen LogP contribution in [-0.2, 0) is 0 Å². The Morgan fingerprint density at radius 2 is 2.15 bits per heavy atom. The van der Waals surface area contributed by atoms with Crippen molar-refractivity contribution in [2.75, 3.05) is 19.6 Å². The molecule has 2 N–H and O–H groups in total. The molecule has 1 saturated heterocycles. The second-order valence-corrected chi connectivity index (χ2v) is 5.21. The summed E-state index contributed by atoms with van der Waals surface area (Å²) in [4.78, 5) is 0. The molecular formula is C11H24N2. The number of hydrogen-bond donors (Lipinski definition) is 2. The summed E-state index contributed by atoms with van der Waals surface area (Å²) in [5.74, 6) is 0.745. The van der Waals surface area contributed by atoms with Crippen LogP contribution in [0.25, 0.3) is 0 Å². The van der Waals surface area contributed by atoms with E-state index in [1.54, 1.807) is 0 Å². The summed E-state index contributed by atoms with van der Waals surface area (Å²) in [6.45, 7) is 12.7. The highest BCUT2D eigenvalue weighted by Crippen LogP contribution is 2.24. The maximum Gasteiger partial charge on any atom is 0.0204 e. The van der Waals surface area contributed by atoms with E-state index < -0.39 is 0 Å². The fourth-order valence-electron chi connectivity index (χ4n) is 1.44. The van der Waals surface area contributed by atoms with Crippen LogP contribution in [0, 0.1) is 11.3 Å². The molecule has 1 aliphatic rings. The van der Waals surface area contributed by atoms with Crippen molar-refractivity contribution in [3.05, 3.63) is 0 Å². The minimum Gasteiger partial charge on any atom is -0.315 e. The Morgan fingerprint density at radius 1 is 1.46 bits per heavy atom. The first kappa shape index (κ1) is 11.0. The molecule has 0 aromatic carbocycles. The monoisotopic (exact) mass is 184 g/mol. The van der Waals surface area contributed by atoms with E-state index in [0.29, 0.717) is 11.5 Å². The van der Waals surface area contributed by atoms with Gasteiger partial charge in [-0.1, -0.05) is 27.7 Å². The minimum atomic E-state index is 0.419. The summed E-state index contributed by atoms with van der Waals surface area (Å²) in [7, 11) is 0. The molecule has 0 saturated carbocycles. The average molecular weight is 184 g/mol. The lowest BCUT2D eigenvalue weighted by atomic mass is 9.81. The Balaban J connectivity index is 2.24. The van der Waals surface area contributed by atoms with E-state index in [1.165, 1.54) is 13.0 Å². The van der Waals surface area contributed by atoms with Gasteiger partial charge >= 0.3 is 0 Å². The van der Waals surface area contributed by atoms with Gasteiger partial charge in [0, 0.05) is 19.1 Å². The van der Waals surface area contributed by atoms with Gasteiger partial charge in [0.1, 0.15) is 0 Å². The van der Waals surface area contributed by atoms with Crippen molar-refractivity contribution in [3.8, 4) is 0 Å². The molecule has 1 fully saturated rings. The zero-order valence-electron chi connectivity index (χ0n) is 9.48. The van der Waals surface area contributed by atoms with Crippen molar-refractivity contribution in [1.29, 1.82) is 0 Å². The largest absolute Gasteiger partial charge is 0.315 e. The molecule has 0 spiro atoms. The minimum absolute atomic E-state index is 0.419. The van der Waals surface area contributed by atoms with Crippen molar-refractivity contribution in [3.63, 3.8) is 0 Å². The van der Waals surface area contributed by atoms with Gasteiger partial charge in [-0.05, 0) is 24.3 Å². The standard InChI is InChI=1S/C11H24N2/c1-9(2)11(3,4)8-13-10-5-6-12-7-10/h9-10,12-13H,5-8H2,1-4H3. The summed E-state index contributed by atoms with van der Waals surface area (Å²) in [6, 6.07) is 0.707. The molecule has 0 radical (unpaired) electrons. The third-order valence-corrected chi connectivity index (χ3v) is 3.47. The highest BCUT2D eigenvalue weighted by molar-refractivity contribution is 4.82. The summed E-state index contributed by atoms with van der Waals surface area (Å²) in [5.41, 5.74) is 0.419. The molecule has 1 unspecified atom stereocenters.